The van der Waals surface area contributed by atoms with Crippen LogP contribution in [0.2, 0.25) is 0 Å². The lowest BCUT2D eigenvalue weighted by atomic mass is 9.72. The minimum atomic E-state index is -0.141. The van der Waals surface area contributed by atoms with Crippen molar-refractivity contribution in [2.75, 3.05) is 13.1 Å². The molecule has 2 aromatic rings. The van der Waals surface area contributed by atoms with Crippen LogP contribution < -0.4 is 5.32 Å². The lowest BCUT2D eigenvalue weighted by molar-refractivity contribution is 0.344. The number of benzene rings is 1. The molecule has 0 amide bonds. The fourth-order valence-electron chi connectivity index (χ4n) is 2.68. The first-order chi connectivity index (χ1) is 8.83. The predicted molar refractivity (Wildman–Crippen MR) is 71.2 cm³/mol. The summed E-state index contributed by atoms with van der Waals surface area (Å²) in [5, 5.41) is 18.2. The van der Waals surface area contributed by atoms with Crippen LogP contribution in [0.25, 0.3) is 0 Å². The van der Waals surface area contributed by atoms with Crippen LogP contribution in [-0.4, -0.2) is 33.7 Å². The Morgan fingerprint density at radius 3 is 2.61 bits per heavy atom. The van der Waals surface area contributed by atoms with Crippen molar-refractivity contribution in [1.82, 2.24) is 25.9 Å². The predicted octanol–water partition coefficient (Wildman–Crippen LogP) is 1.63. The molecule has 0 unspecified atom stereocenters. The Kier molecular flexibility index (Phi) is 3.13. The first kappa shape index (κ1) is 11.8. The van der Waals surface area contributed by atoms with E-state index >= 15 is 0 Å². The van der Waals surface area contributed by atoms with E-state index in [0.717, 1.165) is 36.2 Å². The van der Waals surface area contributed by atoms with Gasteiger partial charge in [-0.05, 0) is 37.6 Å². The Labute approximate surface area is 113 Å². The van der Waals surface area contributed by atoms with Crippen LogP contribution in [0.15, 0.2) is 28.7 Å². The third kappa shape index (κ3) is 1.85. The molecule has 1 saturated heterocycles. The average molecular weight is 308 g/mol. The summed E-state index contributed by atoms with van der Waals surface area (Å²) in [5.74, 6) is 0.788. The largest absolute Gasteiger partial charge is 0.317 e. The van der Waals surface area contributed by atoms with Gasteiger partial charge in [0, 0.05) is 4.47 Å². The molecule has 1 aliphatic rings. The number of H-pyrrole nitrogens is 1. The molecule has 1 fully saturated rings. The van der Waals surface area contributed by atoms with Crippen molar-refractivity contribution in [2.45, 2.75) is 18.3 Å². The van der Waals surface area contributed by atoms with Gasteiger partial charge in [0.1, 0.15) is 0 Å². The van der Waals surface area contributed by atoms with Gasteiger partial charge >= 0.3 is 0 Å². The highest BCUT2D eigenvalue weighted by atomic mass is 79.9. The minimum absolute atomic E-state index is 0.141. The van der Waals surface area contributed by atoms with E-state index in [2.05, 4.69) is 60.1 Å². The van der Waals surface area contributed by atoms with E-state index in [1.165, 1.54) is 5.56 Å². The van der Waals surface area contributed by atoms with Crippen LogP contribution in [-0.2, 0) is 5.41 Å². The normalized spacial score (nSPS) is 18.7. The number of hydrogen-bond donors (Lipinski definition) is 2. The van der Waals surface area contributed by atoms with Crippen molar-refractivity contribution < 1.29 is 0 Å². The van der Waals surface area contributed by atoms with Gasteiger partial charge in [-0.15, -0.1) is 10.2 Å². The first-order valence-electron chi connectivity index (χ1n) is 6.02. The SMILES string of the molecule is Brc1ccccc1C1(c2nn[nH]n2)CCNCC1. The molecule has 2 heterocycles. The summed E-state index contributed by atoms with van der Waals surface area (Å²) >= 11 is 3.65. The van der Waals surface area contributed by atoms with Gasteiger partial charge in [-0.1, -0.05) is 39.3 Å². The van der Waals surface area contributed by atoms with Crippen LogP contribution in [0, 0.1) is 0 Å². The molecule has 1 aliphatic heterocycles. The number of halogens is 1. The summed E-state index contributed by atoms with van der Waals surface area (Å²) in [6, 6.07) is 8.30. The van der Waals surface area contributed by atoms with Crippen molar-refractivity contribution in [3.63, 3.8) is 0 Å². The van der Waals surface area contributed by atoms with Crippen LogP contribution in [0.3, 0.4) is 0 Å². The van der Waals surface area contributed by atoms with Gasteiger partial charge in [-0.2, -0.15) is 5.21 Å². The van der Waals surface area contributed by atoms with Crippen molar-refractivity contribution in [2.24, 2.45) is 0 Å². The monoisotopic (exact) mass is 307 g/mol. The molecule has 5 nitrogen and oxygen atoms in total. The molecule has 0 spiro atoms. The zero-order valence-corrected chi connectivity index (χ0v) is 11.4. The molecule has 0 aliphatic carbocycles. The van der Waals surface area contributed by atoms with Crippen molar-refractivity contribution in [3.8, 4) is 0 Å². The van der Waals surface area contributed by atoms with E-state index in [1.54, 1.807) is 0 Å². The second kappa shape index (κ2) is 4.78. The average Bonchev–Trinajstić information content (AvgIpc) is 2.94. The van der Waals surface area contributed by atoms with Crippen molar-refractivity contribution in [3.05, 3.63) is 40.1 Å². The third-order valence-corrected chi connectivity index (χ3v) is 4.31. The summed E-state index contributed by atoms with van der Waals surface area (Å²) in [5.41, 5.74) is 1.10. The maximum Gasteiger partial charge on any atom is 0.185 e. The third-order valence-electron chi connectivity index (χ3n) is 3.62. The summed E-state index contributed by atoms with van der Waals surface area (Å²) in [7, 11) is 0. The van der Waals surface area contributed by atoms with E-state index in [4.69, 9.17) is 0 Å². The van der Waals surface area contributed by atoms with Gasteiger partial charge in [-0.25, -0.2) is 0 Å². The molecule has 3 rings (SSSR count). The number of rotatable bonds is 2. The summed E-state index contributed by atoms with van der Waals surface area (Å²) in [6.07, 6.45) is 1.96. The lowest BCUT2D eigenvalue weighted by Gasteiger charge is -2.36. The fourth-order valence-corrected chi connectivity index (χ4v) is 3.35. The van der Waals surface area contributed by atoms with E-state index in [-0.39, 0.29) is 5.41 Å². The number of piperidine rings is 1. The molecule has 1 aromatic heterocycles. The maximum atomic E-state index is 4.23. The smallest absolute Gasteiger partial charge is 0.185 e. The zero-order chi connectivity index (χ0) is 12.4. The van der Waals surface area contributed by atoms with E-state index in [9.17, 15) is 0 Å². The van der Waals surface area contributed by atoms with Gasteiger partial charge in [-0.3, -0.25) is 0 Å². The highest BCUT2D eigenvalue weighted by Crippen LogP contribution is 2.41. The van der Waals surface area contributed by atoms with Crippen LogP contribution >= 0.6 is 15.9 Å². The number of aromatic amines is 1. The quantitative estimate of drug-likeness (QED) is 0.885. The lowest BCUT2D eigenvalue weighted by Crippen LogP contribution is -2.41. The highest BCUT2D eigenvalue weighted by molar-refractivity contribution is 9.10. The zero-order valence-electron chi connectivity index (χ0n) is 9.86. The first-order valence-corrected chi connectivity index (χ1v) is 6.82. The molecule has 0 radical (unpaired) electrons. The van der Waals surface area contributed by atoms with Gasteiger partial charge in [0.05, 0.1) is 5.41 Å². The van der Waals surface area contributed by atoms with E-state index in [1.807, 2.05) is 6.07 Å². The standard InChI is InChI=1S/C12H14BrN5/c13-10-4-2-1-3-9(10)12(5-7-14-8-6-12)11-15-17-18-16-11/h1-4,14H,5-8H2,(H,15,16,17,18). The molecule has 0 bridgehead atoms. The van der Waals surface area contributed by atoms with Crippen molar-refractivity contribution >= 4 is 15.9 Å². The molecule has 18 heavy (non-hydrogen) atoms. The van der Waals surface area contributed by atoms with Gasteiger partial charge in [0.2, 0.25) is 0 Å². The second-order valence-electron chi connectivity index (χ2n) is 4.55. The Balaban J connectivity index is 2.14. The summed E-state index contributed by atoms with van der Waals surface area (Å²) in [4.78, 5) is 0. The number of nitrogens with zero attached hydrogens (tertiary/aromatic N) is 3. The summed E-state index contributed by atoms with van der Waals surface area (Å²) < 4.78 is 1.11. The summed E-state index contributed by atoms with van der Waals surface area (Å²) in [6.45, 7) is 1.94. The molecule has 2 N–H and O–H groups in total. The topological polar surface area (TPSA) is 66.5 Å². The highest BCUT2D eigenvalue weighted by Gasteiger charge is 2.40. The van der Waals surface area contributed by atoms with Crippen LogP contribution in [0.5, 0.6) is 0 Å². The molecular weight excluding hydrogens is 294 g/mol. The Bertz CT molecular complexity index is 519. The van der Waals surface area contributed by atoms with E-state index in [0.29, 0.717) is 0 Å². The number of aromatic nitrogens is 4. The van der Waals surface area contributed by atoms with Crippen molar-refractivity contribution in [1.29, 1.82) is 0 Å². The maximum absolute atomic E-state index is 4.23. The molecule has 0 saturated carbocycles. The molecular formula is C12H14BrN5. The van der Waals surface area contributed by atoms with Gasteiger partial charge < -0.3 is 5.32 Å². The van der Waals surface area contributed by atoms with Crippen LogP contribution in [0.4, 0.5) is 0 Å². The fraction of sp³-hybridized carbons (Fsp3) is 0.417. The minimum Gasteiger partial charge on any atom is -0.317 e. The number of hydrogen-bond acceptors (Lipinski definition) is 4. The number of nitrogens with one attached hydrogen (secondary N) is 2. The Hall–Kier alpha value is -1.27. The Morgan fingerprint density at radius 2 is 1.94 bits per heavy atom. The molecule has 0 atom stereocenters. The molecule has 1 aromatic carbocycles. The van der Waals surface area contributed by atoms with Gasteiger partial charge in [0.25, 0.3) is 0 Å². The van der Waals surface area contributed by atoms with Gasteiger partial charge in [0.15, 0.2) is 5.82 Å². The van der Waals surface area contributed by atoms with Crippen LogP contribution in [0.1, 0.15) is 24.2 Å². The Morgan fingerprint density at radius 1 is 1.17 bits per heavy atom. The second-order valence-corrected chi connectivity index (χ2v) is 5.40. The number of tetrazole rings is 1. The molecule has 6 heteroatoms. The molecule has 94 valence electrons. The van der Waals surface area contributed by atoms with E-state index < -0.39 is 0 Å².